The van der Waals surface area contributed by atoms with Crippen molar-refractivity contribution < 1.29 is 23.8 Å². The fourth-order valence-electron chi connectivity index (χ4n) is 4.03. The van der Waals surface area contributed by atoms with Crippen LogP contribution in [0.2, 0.25) is 0 Å². The van der Waals surface area contributed by atoms with Crippen LogP contribution in [0.1, 0.15) is 26.3 Å². The largest absolute Gasteiger partial charge is 0.493 e. The van der Waals surface area contributed by atoms with Crippen molar-refractivity contribution in [2.75, 3.05) is 40.3 Å². The molecule has 0 aliphatic carbocycles. The van der Waals surface area contributed by atoms with Crippen LogP contribution in [-0.2, 0) is 0 Å². The van der Waals surface area contributed by atoms with Crippen molar-refractivity contribution in [3.63, 3.8) is 0 Å². The van der Waals surface area contributed by atoms with Crippen LogP contribution in [0.5, 0.6) is 17.2 Å². The summed E-state index contributed by atoms with van der Waals surface area (Å²) in [7, 11) is 8.42. The number of carbonyl (C=O) groups excluding carboxylic acids is 2. The lowest BCUT2D eigenvalue weighted by Crippen LogP contribution is -2.12. The number of hydrogen-bond donors (Lipinski definition) is 0. The van der Waals surface area contributed by atoms with E-state index in [2.05, 4.69) is 0 Å². The molecule has 1 heterocycles. The molecule has 0 radical (unpaired) electrons. The number of para-hydroxylation sites is 1. The summed E-state index contributed by atoms with van der Waals surface area (Å²) < 4.78 is 17.7. The van der Waals surface area contributed by atoms with E-state index in [4.69, 9.17) is 14.2 Å². The van der Waals surface area contributed by atoms with Gasteiger partial charge >= 0.3 is 0 Å². The predicted octanol–water partition coefficient (Wildman–Crippen LogP) is 5.32. The van der Waals surface area contributed by atoms with Gasteiger partial charge in [-0.3, -0.25) is 14.2 Å². The van der Waals surface area contributed by atoms with E-state index in [1.807, 2.05) is 67.5 Å². The average Bonchev–Trinajstić information content (AvgIpc) is 3.29. The Morgan fingerprint density at radius 3 is 2.06 bits per heavy atom. The predicted molar refractivity (Wildman–Crippen MR) is 142 cm³/mol. The van der Waals surface area contributed by atoms with Crippen LogP contribution in [0.25, 0.3) is 17.0 Å². The van der Waals surface area contributed by atoms with Gasteiger partial charge in [-0.1, -0.05) is 18.2 Å². The molecule has 36 heavy (non-hydrogen) atoms. The number of hydrogen-bond acceptors (Lipinski definition) is 6. The van der Waals surface area contributed by atoms with Crippen LogP contribution in [0, 0.1) is 0 Å². The molecule has 0 saturated heterocycles. The molecule has 0 N–H and O–H groups in total. The van der Waals surface area contributed by atoms with Gasteiger partial charge in [0.15, 0.2) is 17.3 Å². The first-order valence-corrected chi connectivity index (χ1v) is 11.3. The molecule has 0 bridgehead atoms. The Hall–Kier alpha value is -4.52. The Morgan fingerprint density at radius 2 is 1.47 bits per heavy atom. The van der Waals surface area contributed by atoms with Gasteiger partial charge in [0.05, 0.1) is 26.8 Å². The number of rotatable bonds is 8. The van der Waals surface area contributed by atoms with Crippen LogP contribution >= 0.6 is 0 Å². The second-order valence-electron chi connectivity index (χ2n) is 8.33. The van der Waals surface area contributed by atoms with Gasteiger partial charge in [0.1, 0.15) is 0 Å². The molecule has 7 heteroatoms. The summed E-state index contributed by atoms with van der Waals surface area (Å²) in [5.41, 5.74) is 3.49. The number of carbonyl (C=O) groups is 2. The van der Waals surface area contributed by atoms with Crippen molar-refractivity contribution in [3.8, 4) is 17.2 Å². The van der Waals surface area contributed by atoms with Gasteiger partial charge < -0.3 is 19.1 Å². The second kappa shape index (κ2) is 10.4. The highest BCUT2D eigenvalue weighted by atomic mass is 16.5. The van der Waals surface area contributed by atoms with Crippen molar-refractivity contribution in [1.82, 2.24) is 4.57 Å². The molecule has 0 fully saturated rings. The molecule has 0 aliphatic heterocycles. The van der Waals surface area contributed by atoms with Crippen molar-refractivity contribution in [2.45, 2.75) is 0 Å². The highest BCUT2D eigenvalue weighted by molar-refractivity contribution is 6.09. The monoisotopic (exact) mass is 484 g/mol. The van der Waals surface area contributed by atoms with E-state index >= 15 is 0 Å². The molecule has 3 aromatic carbocycles. The zero-order valence-electron chi connectivity index (χ0n) is 20.9. The van der Waals surface area contributed by atoms with E-state index in [9.17, 15) is 9.59 Å². The van der Waals surface area contributed by atoms with Gasteiger partial charge in [-0.15, -0.1) is 0 Å². The molecule has 4 aromatic rings. The highest BCUT2D eigenvalue weighted by Gasteiger charge is 2.17. The zero-order chi connectivity index (χ0) is 25.8. The molecule has 0 amide bonds. The summed E-state index contributed by atoms with van der Waals surface area (Å²) in [4.78, 5) is 28.3. The first-order valence-electron chi connectivity index (χ1n) is 11.3. The Labute approximate surface area is 210 Å². The fourth-order valence-corrected chi connectivity index (χ4v) is 4.03. The van der Waals surface area contributed by atoms with E-state index in [1.165, 1.54) is 27.4 Å². The highest BCUT2D eigenvalue weighted by Crippen LogP contribution is 2.38. The summed E-state index contributed by atoms with van der Waals surface area (Å²) in [6, 6.07) is 18.3. The van der Waals surface area contributed by atoms with E-state index in [0.29, 0.717) is 28.4 Å². The molecule has 184 valence electrons. The number of fused-ring (bicyclic) bond motifs is 1. The third kappa shape index (κ3) is 4.68. The minimum absolute atomic E-state index is 0.146. The quantitative estimate of drug-likeness (QED) is 0.249. The lowest BCUT2D eigenvalue weighted by molar-refractivity contribution is 0.0964. The number of nitrogens with zero attached hydrogens (tertiary/aromatic N) is 2. The van der Waals surface area contributed by atoms with Crippen molar-refractivity contribution in [1.29, 1.82) is 0 Å². The molecule has 0 atom stereocenters. The van der Waals surface area contributed by atoms with E-state index < -0.39 is 0 Å². The number of ketones is 1. The van der Waals surface area contributed by atoms with Crippen LogP contribution in [0.3, 0.4) is 0 Å². The van der Waals surface area contributed by atoms with Gasteiger partial charge in [-0.25, -0.2) is 0 Å². The van der Waals surface area contributed by atoms with Crippen molar-refractivity contribution in [2.24, 2.45) is 0 Å². The van der Waals surface area contributed by atoms with E-state index in [1.54, 1.807) is 29.0 Å². The Bertz CT molecular complexity index is 1420. The SMILES string of the molecule is COc1cc(C(=O)C=Cc2cn(C(=O)c3ccc(N(C)C)cc3)c3ccccc23)cc(OC)c1OC. The lowest BCUT2D eigenvalue weighted by Gasteiger charge is -2.13. The maximum absolute atomic E-state index is 13.3. The number of aromatic nitrogens is 1. The lowest BCUT2D eigenvalue weighted by atomic mass is 10.1. The van der Waals surface area contributed by atoms with Gasteiger partial charge in [0, 0.05) is 48.1 Å². The first-order chi connectivity index (χ1) is 17.4. The Morgan fingerprint density at radius 1 is 0.833 bits per heavy atom. The molecule has 0 spiro atoms. The number of ether oxygens (including phenoxy) is 3. The number of allylic oxidation sites excluding steroid dienone is 1. The molecule has 1 aromatic heterocycles. The zero-order valence-corrected chi connectivity index (χ0v) is 20.9. The third-order valence-corrected chi connectivity index (χ3v) is 5.96. The molecule has 0 saturated carbocycles. The van der Waals surface area contributed by atoms with Crippen LogP contribution in [0.4, 0.5) is 5.69 Å². The van der Waals surface area contributed by atoms with Crippen LogP contribution in [-0.4, -0.2) is 51.7 Å². The maximum atomic E-state index is 13.3. The average molecular weight is 485 g/mol. The normalized spacial score (nSPS) is 11.0. The molecular formula is C29H28N2O5. The summed E-state index contributed by atoms with van der Waals surface area (Å²) in [5.74, 6) is 0.830. The van der Waals surface area contributed by atoms with Gasteiger partial charge in [-0.2, -0.15) is 0 Å². The standard InChI is InChI=1S/C29H28N2O5/c1-30(2)22-13-10-19(11-14-22)29(33)31-18-20(23-8-6-7-9-24(23)31)12-15-25(32)21-16-26(34-3)28(36-5)27(17-21)35-4/h6-18H,1-5H3. The Kier molecular flexibility index (Phi) is 7.10. The first kappa shape index (κ1) is 24.6. The van der Waals surface area contributed by atoms with E-state index in [0.717, 1.165) is 22.2 Å². The number of anilines is 1. The summed E-state index contributed by atoms with van der Waals surface area (Å²) in [6.45, 7) is 0. The van der Waals surface area contributed by atoms with Gasteiger partial charge in [0.25, 0.3) is 5.91 Å². The second-order valence-corrected chi connectivity index (χ2v) is 8.33. The summed E-state index contributed by atoms with van der Waals surface area (Å²) in [5, 5.41) is 0.865. The number of benzene rings is 3. The molecule has 0 aliphatic rings. The fraction of sp³-hybridized carbons (Fsp3) is 0.172. The van der Waals surface area contributed by atoms with Crippen molar-refractivity contribution in [3.05, 3.63) is 89.6 Å². The number of methoxy groups -OCH3 is 3. The van der Waals surface area contributed by atoms with E-state index in [-0.39, 0.29) is 11.7 Å². The maximum Gasteiger partial charge on any atom is 0.262 e. The minimum Gasteiger partial charge on any atom is -0.493 e. The van der Waals surface area contributed by atoms with Crippen LogP contribution < -0.4 is 19.1 Å². The molecule has 7 nitrogen and oxygen atoms in total. The third-order valence-electron chi connectivity index (χ3n) is 5.96. The van der Waals surface area contributed by atoms with Gasteiger partial charge in [-0.05, 0) is 54.6 Å². The smallest absolute Gasteiger partial charge is 0.262 e. The molecular weight excluding hydrogens is 456 g/mol. The summed E-state index contributed by atoms with van der Waals surface area (Å²) >= 11 is 0. The van der Waals surface area contributed by atoms with Gasteiger partial charge in [0.2, 0.25) is 5.75 Å². The Balaban J connectivity index is 1.68. The van der Waals surface area contributed by atoms with Crippen molar-refractivity contribution >= 4 is 34.4 Å². The van der Waals surface area contributed by atoms with Crippen LogP contribution in [0.15, 0.2) is 72.9 Å². The summed E-state index contributed by atoms with van der Waals surface area (Å²) in [6.07, 6.45) is 4.95. The minimum atomic E-state index is -0.239. The molecule has 4 rings (SSSR count). The topological polar surface area (TPSA) is 70.0 Å². The molecule has 0 unspecified atom stereocenters.